The second-order valence-electron chi connectivity index (χ2n) is 7.19. The molecule has 0 bridgehead atoms. The Morgan fingerprint density at radius 3 is 2.67 bits per heavy atom. The zero-order valence-electron chi connectivity index (χ0n) is 14.5. The van der Waals surface area contributed by atoms with Gasteiger partial charge in [0.2, 0.25) is 0 Å². The molecule has 5 rings (SSSR count). The van der Waals surface area contributed by atoms with E-state index in [4.69, 9.17) is 0 Å². The second kappa shape index (κ2) is 5.88. The Hall–Kier alpha value is -2.74. The molecule has 2 fully saturated rings. The number of benzene rings is 1. The highest BCUT2D eigenvalue weighted by Gasteiger charge is 2.38. The summed E-state index contributed by atoms with van der Waals surface area (Å²) < 4.78 is 26.0. The minimum atomic E-state index is -3.44. The predicted octanol–water partition coefficient (Wildman–Crippen LogP) is 2.33. The second-order valence-corrected chi connectivity index (χ2v) is 9.23. The van der Waals surface area contributed by atoms with E-state index in [1.165, 1.54) is 6.20 Å². The maximum absolute atomic E-state index is 12.5. The fraction of sp³-hybridized carbons (Fsp3) is 0.316. The Bertz CT molecular complexity index is 1160. The number of amides is 1. The van der Waals surface area contributed by atoms with Gasteiger partial charge in [-0.1, -0.05) is 12.1 Å². The Kier molecular flexibility index (Phi) is 3.58. The minimum Gasteiger partial charge on any atom is -0.349 e. The summed E-state index contributed by atoms with van der Waals surface area (Å²) in [5, 5.41) is 7.42. The fourth-order valence-corrected chi connectivity index (χ4v) is 4.71. The van der Waals surface area contributed by atoms with Gasteiger partial charge in [0.05, 0.1) is 23.3 Å². The summed E-state index contributed by atoms with van der Waals surface area (Å²) >= 11 is 0. The standard InChI is InChI=1S/C19H18N4O3S/c24-19(22-15-4-5-15)13-3-1-2-12(8-13)17-9-14-10-21-23(18(14)11-20-17)27(25,26)16-6-7-16/h1-3,8-11,15-16H,4-7H2,(H,22,24). The fourth-order valence-electron chi connectivity index (χ4n) is 3.09. The van der Waals surface area contributed by atoms with Crippen LogP contribution in [0.4, 0.5) is 0 Å². The lowest BCUT2D eigenvalue weighted by Crippen LogP contribution is -2.25. The molecule has 0 atom stereocenters. The maximum Gasteiger partial charge on any atom is 0.257 e. The number of hydrogen-bond donors (Lipinski definition) is 1. The number of carbonyl (C=O) groups is 1. The number of pyridine rings is 1. The molecule has 7 nitrogen and oxygen atoms in total. The van der Waals surface area contributed by atoms with E-state index in [-0.39, 0.29) is 11.2 Å². The number of nitrogens with one attached hydrogen (secondary N) is 1. The van der Waals surface area contributed by atoms with Gasteiger partial charge >= 0.3 is 0 Å². The molecular formula is C19H18N4O3S. The molecule has 1 aromatic carbocycles. The molecule has 1 N–H and O–H groups in total. The number of aromatic nitrogens is 3. The van der Waals surface area contributed by atoms with Gasteiger partial charge in [-0.2, -0.15) is 9.19 Å². The SMILES string of the molecule is O=C(NC1CC1)c1cccc(-c2cc3cnn(S(=O)(=O)C4CC4)c3cn2)c1. The van der Waals surface area contributed by atoms with Crippen LogP contribution in [0.1, 0.15) is 36.0 Å². The van der Waals surface area contributed by atoms with E-state index < -0.39 is 10.0 Å². The molecule has 2 aliphatic rings. The highest BCUT2D eigenvalue weighted by Crippen LogP contribution is 2.32. The smallest absolute Gasteiger partial charge is 0.257 e. The number of fused-ring (bicyclic) bond motifs is 1. The Morgan fingerprint density at radius 2 is 1.93 bits per heavy atom. The first-order valence-electron chi connectivity index (χ1n) is 9.02. The third kappa shape index (κ3) is 2.99. The largest absolute Gasteiger partial charge is 0.349 e. The maximum atomic E-state index is 12.5. The van der Waals surface area contributed by atoms with Crippen molar-refractivity contribution in [3.05, 3.63) is 48.3 Å². The van der Waals surface area contributed by atoms with Crippen LogP contribution in [0.3, 0.4) is 0 Å². The monoisotopic (exact) mass is 382 g/mol. The highest BCUT2D eigenvalue weighted by molar-refractivity contribution is 7.90. The number of carbonyl (C=O) groups excluding carboxylic acids is 1. The van der Waals surface area contributed by atoms with E-state index in [2.05, 4.69) is 15.4 Å². The van der Waals surface area contributed by atoms with Gasteiger partial charge in [0, 0.05) is 22.6 Å². The third-order valence-electron chi connectivity index (χ3n) is 4.94. The quantitative estimate of drug-likeness (QED) is 0.731. The molecule has 3 aromatic rings. The van der Waals surface area contributed by atoms with Crippen LogP contribution >= 0.6 is 0 Å². The lowest BCUT2D eigenvalue weighted by Gasteiger charge is -2.07. The molecule has 0 saturated heterocycles. The molecule has 2 heterocycles. The number of rotatable bonds is 5. The van der Waals surface area contributed by atoms with Crippen molar-refractivity contribution in [2.45, 2.75) is 37.0 Å². The molecule has 27 heavy (non-hydrogen) atoms. The van der Waals surface area contributed by atoms with Gasteiger partial charge in [0.15, 0.2) is 0 Å². The number of hydrogen-bond acceptors (Lipinski definition) is 5. The van der Waals surface area contributed by atoms with Crippen molar-refractivity contribution in [2.75, 3.05) is 0 Å². The molecule has 2 saturated carbocycles. The van der Waals surface area contributed by atoms with Gasteiger partial charge in [-0.15, -0.1) is 0 Å². The van der Waals surface area contributed by atoms with Gasteiger partial charge in [-0.05, 0) is 43.9 Å². The lowest BCUT2D eigenvalue weighted by atomic mass is 10.1. The summed E-state index contributed by atoms with van der Waals surface area (Å²) in [6.45, 7) is 0. The van der Waals surface area contributed by atoms with Crippen LogP contribution in [0.5, 0.6) is 0 Å². The van der Waals surface area contributed by atoms with Gasteiger partial charge in [-0.25, -0.2) is 8.42 Å². The van der Waals surface area contributed by atoms with Crippen molar-refractivity contribution in [3.63, 3.8) is 0 Å². The van der Waals surface area contributed by atoms with E-state index in [9.17, 15) is 13.2 Å². The summed E-state index contributed by atoms with van der Waals surface area (Å²) in [5.74, 6) is -0.0798. The average Bonchev–Trinajstić information content (AvgIpc) is 3.59. The van der Waals surface area contributed by atoms with Crippen molar-refractivity contribution in [1.82, 2.24) is 19.5 Å². The first-order chi connectivity index (χ1) is 13.0. The molecule has 2 aromatic heterocycles. The summed E-state index contributed by atoms with van der Waals surface area (Å²) in [4.78, 5) is 16.7. The first-order valence-corrected chi connectivity index (χ1v) is 10.5. The zero-order chi connectivity index (χ0) is 18.6. The molecular weight excluding hydrogens is 364 g/mol. The first kappa shape index (κ1) is 16.4. The minimum absolute atomic E-state index is 0.0798. The van der Waals surface area contributed by atoms with Crippen LogP contribution < -0.4 is 5.32 Å². The molecule has 0 unspecified atom stereocenters. The molecule has 1 amide bonds. The van der Waals surface area contributed by atoms with Crippen LogP contribution in [0.15, 0.2) is 42.7 Å². The van der Waals surface area contributed by atoms with E-state index in [1.807, 2.05) is 12.1 Å². The Morgan fingerprint density at radius 1 is 1.11 bits per heavy atom. The van der Waals surface area contributed by atoms with Crippen LogP contribution in [-0.4, -0.2) is 39.8 Å². The van der Waals surface area contributed by atoms with Gasteiger partial charge in [0.1, 0.15) is 5.52 Å². The van der Waals surface area contributed by atoms with Crippen molar-refractivity contribution >= 4 is 26.8 Å². The van der Waals surface area contributed by atoms with Crippen LogP contribution in [0, 0.1) is 0 Å². The molecule has 0 radical (unpaired) electrons. The molecule has 0 spiro atoms. The Balaban J connectivity index is 1.49. The van der Waals surface area contributed by atoms with Crippen LogP contribution in [0.25, 0.3) is 22.2 Å². The average molecular weight is 382 g/mol. The Labute approximate surface area is 156 Å². The summed E-state index contributed by atoms with van der Waals surface area (Å²) in [7, 11) is -3.44. The molecule has 138 valence electrons. The summed E-state index contributed by atoms with van der Waals surface area (Å²) in [6, 6.07) is 9.39. The van der Waals surface area contributed by atoms with Crippen LogP contribution in [-0.2, 0) is 10.0 Å². The summed E-state index contributed by atoms with van der Waals surface area (Å²) in [6.07, 6.45) is 6.53. The van der Waals surface area contributed by atoms with Crippen molar-refractivity contribution < 1.29 is 13.2 Å². The zero-order valence-corrected chi connectivity index (χ0v) is 15.3. The molecule has 0 aliphatic heterocycles. The van der Waals surface area contributed by atoms with Crippen LogP contribution in [0.2, 0.25) is 0 Å². The van der Waals surface area contributed by atoms with E-state index >= 15 is 0 Å². The van der Waals surface area contributed by atoms with Crippen molar-refractivity contribution in [2.24, 2.45) is 0 Å². The van der Waals surface area contributed by atoms with Gasteiger partial charge in [0.25, 0.3) is 15.9 Å². The molecule has 8 heteroatoms. The van der Waals surface area contributed by atoms with Gasteiger partial charge < -0.3 is 5.32 Å². The van der Waals surface area contributed by atoms with Crippen molar-refractivity contribution in [3.8, 4) is 11.3 Å². The predicted molar refractivity (Wildman–Crippen MR) is 101 cm³/mol. The van der Waals surface area contributed by atoms with Gasteiger partial charge in [-0.3, -0.25) is 9.78 Å². The topological polar surface area (TPSA) is 94.0 Å². The van der Waals surface area contributed by atoms with E-state index in [0.29, 0.717) is 41.0 Å². The lowest BCUT2D eigenvalue weighted by molar-refractivity contribution is 0.0951. The molecule has 2 aliphatic carbocycles. The van der Waals surface area contributed by atoms with Crippen molar-refractivity contribution in [1.29, 1.82) is 0 Å². The summed E-state index contributed by atoms with van der Waals surface area (Å²) in [5.41, 5.74) is 2.55. The third-order valence-corrected chi connectivity index (χ3v) is 7.03. The van der Waals surface area contributed by atoms with E-state index in [0.717, 1.165) is 22.5 Å². The van der Waals surface area contributed by atoms with E-state index in [1.54, 1.807) is 24.4 Å². The normalized spacial score (nSPS) is 17.2. The highest BCUT2D eigenvalue weighted by atomic mass is 32.2. The number of nitrogens with zero attached hydrogens (tertiary/aromatic N) is 3.